The molecule has 8 nitrogen and oxygen atoms in total. The van der Waals surface area contributed by atoms with Crippen molar-refractivity contribution in [2.75, 3.05) is 23.7 Å². The molecule has 0 bridgehead atoms. The smallest absolute Gasteiger partial charge is 0.171 e. The van der Waals surface area contributed by atoms with Gasteiger partial charge in [0.25, 0.3) is 0 Å². The first kappa shape index (κ1) is 27.7. The maximum atomic E-state index is 13.2. The molecule has 0 radical (unpaired) electrons. The highest BCUT2D eigenvalue weighted by atomic mass is 35.5. The second-order valence-corrected chi connectivity index (χ2v) is 15.2. The zero-order chi connectivity index (χ0) is 28.2. The molecule has 1 aromatic carbocycles. The molecule has 1 aliphatic heterocycles. The number of fused-ring (bicyclic) bond motifs is 2. The van der Waals surface area contributed by atoms with Crippen LogP contribution < -0.4 is 15.4 Å². The summed E-state index contributed by atoms with van der Waals surface area (Å²) in [6.07, 6.45) is 6.24. The minimum atomic E-state index is -1.16. The lowest BCUT2D eigenvalue weighted by molar-refractivity contribution is 0.175. The Hall–Kier alpha value is -2.50. The number of nitrogens with two attached hydrogens (primary N) is 1. The van der Waals surface area contributed by atoms with Gasteiger partial charge in [0.2, 0.25) is 0 Å². The van der Waals surface area contributed by atoms with Crippen molar-refractivity contribution in [2.45, 2.75) is 67.5 Å². The molecule has 1 saturated heterocycles. The molecule has 0 amide bonds. The number of nitrogens with zero attached hydrogens (tertiary/aromatic N) is 5. The van der Waals surface area contributed by atoms with Gasteiger partial charge < -0.3 is 15.2 Å². The number of hydrogen-bond donors (Lipinski definition) is 2. The normalized spacial score (nSPS) is 19.4. The molecule has 2 aliphatic rings. The number of anilines is 2. The van der Waals surface area contributed by atoms with Crippen LogP contribution in [0.15, 0.2) is 58.7 Å². The number of rotatable bonds is 5. The summed E-state index contributed by atoms with van der Waals surface area (Å²) in [5, 5.41) is 5.06. The molecule has 40 heavy (non-hydrogen) atoms. The predicted molar refractivity (Wildman–Crippen MR) is 163 cm³/mol. The van der Waals surface area contributed by atoms with Crippen molar-refractivity contribution in [2.24, 2.45) is 5.41 Å². The molecule has 210 valence electrons. The quantitative estimate of drug-likeness (QED) is 0.281. The third-order valence-electron chi connectivity index (χ3n) is 8.15. The van der Waals surface area contributed by atoms with Gasteiger partial charge in [-0.25, -0.2) is 9.97 Å². The Morgan fingerprint density at radius 2 is 1.93 bits per heavy atom. The van der Waals surface area contributed by atoms with Crippen LogP contribution in [0.3, 0.4) is 0 Å². The number of nitrogens with one attached hydrogen (secondary N) is 1. The van der Waals surface area contributed by atoms with Crippen molar-refractivity contribution in [3.8, 4) is 0 Å². The average Bonchev–Trinajstić information content (AvgIpc) is 3.52. The van der Waals surface area contributed by atoms with Crippen molar-refractivity contribution >= 4 is 52.0 Å². The first-order valence-electron chi connectivity index (χ1n) is 13.5. The number of hydrogen-bond acceptors (Lipinski definition) is 8. The van der Waals surface area contributed by atoms with Gasteiger partial charge in [0, 0.05) is 41.0 Å². The second-order valence-electron chi connectivity index (χ2n) is 11.8. The van der Waals surface area contributed by atoms with E-state index in [1.54, 1.807) is 12.5 Å². The van der Waals surface area contributed by atoms with Gasteiger partial charge in [0.1, 0.15) is 22.7 Å². The van der Waals surface area contributed by atoms with Crippen molar-refractivity contribution < 1.29 is 4.55 Å². The van der Waals surface area contributed by atoms with Crippen LogP contribution in [0.25, 0.3) is 5.65 Å². The maximum absolute atomic E-state index is 13.2. The monoisotopic (exact) mass is 595 g/mol. The van der Waals surface area contributed by atoms with E-state index in [0.717, 1.165) is 59.2 Å². The SMILES string of the molecule is Cc1cc(N2CCC3(CC2)Cc2ccccc2[C@H]3N[S@+]([O-])C(C)(C)C)n2ncnc2c1Sc1ccnc(N)c1Cl. The summed E-state index contributed by atoms with van der Waals surface area (Å²) in [6, 6.07) is 12.8. The zero-order valence-electron chi connectivity index (χ0n) is 23.1. The Balaban J connectivity index is 1.28. The molecule has 4 heterocycles. The molecule has 0 unspecified atom stereocenters. The highest BCUT2D eigenvalue weighted by molar-refractivity contribution is 7.99. The lowest BCUT2D eigenvalue weighted by Gasteiger charge is -2.44. The van der Waals surface area contributed by atoms with E-state index in [2.05, 4.69) is 61.9 Å². The average molecular weight is 596 g/mol. The highest BCUT2D eigenvalue weighted by Crippen LogP contribution is 2.53. The fourth-order valence-electron chi connectivity index (χ4n) is 5.95. The Labute approximate surface area is 247 Å². The van der Waals surface area contributed by atoms with Gasteiger partial charge in [-0.3, -0.25) is 0 Å². The number of piperidine rings is 1. The molecule has 11 heteroatoms. The highest BCUT2D eigenvalue weighted by Gasteiger charge is 2.50. The van der Waals surface area contributed by atoms with E-state index in [1.165, 1.54) is 22.9 Å². The number of halogens is 1. The summed E-state index contributed by atoms with van der Waals surface area (Å²) in [5.74, 6) is 1.34. The molecule has 1 spiro atoms. The van der Waals surface area contributed by atoms with E-state index in [-0.39, 0.29) is 16.2 Å². The van der Waals surface area contributed by atoms with Gasteiger partial charge in [-0.1, -0.05) is 47.6 Å². The van der Waals surface area contributed by atoms with Gasteiger partial charge in [0.15, 0.2) is 5.65 Å². The van der Waals surface area contributed by atoms with Gasteiger partial charge >= 0.3 is 0 Å². The van der Waals surface area contributed by atoms with E-state index >= 15 is 0 Å². The van der Waals surface area contributed by atoms with Crippen LogP contribution in [0.1, 0.15) is 56.3 Å². The molecule has 0 saturated carbocycles. The summed E-state index contributed by atoms with van der Waals surface area (Å²) in [5.41, 5.74) is 10.5. The standard InChI is InChI=1S/C29H34ClN7OS2/c1-18-15-22(37-27(33-17-34-37)24(18)39-21-9-12-32-26(31)23(21)30)36-13-10-29(11-14-36)16-19-7-5-6-8-20(19)25(29)35-40(38)28(2,3)4/h5-9,12,15,17,25,35H,10-11,13-14,16H2,1-4H3,(H2,31,32)/t25-,40-/m1/s1. The van der Waals surface area contributed by atoms with Gasteiger partial charge in [-0.2, -0.15) is 9.61 Å². The van der Waals surface area contributed by atoms with Gasteiger partial charge in [-0.15, -0.1) is 4.72 Å². The molecule has 6 rings (SSSR count). The van der Waals surface area contributed by atoms with Crippen LogP contribution in [0.2, 0.25) is 5.02 Å². The fraction of sp³-hybridized carbons (Fsp3) is 0.414. The van der Waals surface area contributed by atoms with E-state index < -0.39 is 11.4 Å². The van der Waals surface area contributed by atoms with Crippen molar-refractivity contribution in [3.05, 3.63) is 70.6 Å². The van der Waals surface area contributed by atoms with Crippen molar-refractivity contribution in [1.82, 2.24) is 24.3 Å². The summed E-state index contributed by atoms with van der Waals surface area (Å²) in [6.45, 7) is 9.93. The Morgan fingerprint density at radius 1 is 1.18 bits per heavy atom. The molecule has 4 aromatic rings. The number of pyridine rings is 2. The Bertz CT molecular complexity index is 1560. The second kappa shape index (κ2) is 10.4. The minimum absolute atomic E-state index is 0.0193. The van der Waals surface area contributed by atoms with E-state index in [1.807, 2.05) is 31.4 Å². The summed E-state index contributed by atoms with van der Waals surface area (Å²) < 4.78 is 18.4. The molecular formula is C29H34ClN7OS2. The number of aromatic nitrogens is 4. The van der Waals surface area contributed by atoms with Crippen LogP contribution in [-0.4, -0.2) is 42.0 Å². The van der Waals surface area contributed by atoms with E-state index in [9.17, 15) is 4.55 Å². The summed E-state index contributed by atoms with van der Waals surface area (Å²) in [4.78, 5) is 12.9. The topological polar surface area (TPSA) is 107 Å². The summed E-state index contributed by atoms with van der Waals surface area (Å²) in [7, 11) is 0. The Kier molecular flexibility index (Phi) is 7.19. The molecule has 3 N–H and O–H groups in total. The molecule has 2 atom stereocenters. The third kappa shape index (κ3) is 4.83. The fourth-order valence-corrected chi connectivity index (χ4v) is 8.11. The lowest BCUT2D eigenvalue weighted by Crippen LogP contribution is -2.50. The third-order valence-corrected chi connectivity index (χ3v) is 11.5. The lowest BCUT2D eigenvalue weighted by atomic mass is 9.73. The van der Waals surface area contributed by atoms with Crippen LogP contribution in [-0.2, 0) is 17.8 Å². The van der Waals surface area contributed by atoms with Crippen molar-refractivity contribution in [3.63, 3.8) is 0 Å². The maximum Gasteiger partial charge on any atom is 0.171 e. The minimum Gasteiger partial charge on any atom is -0.598 e. The molecule has 1 fully saturated rings. The van der Waals surface area contributed by atoms with Crippen LogP contribution in [0.4, 0.5) is 11.6 Å². The number of benzene rings is 1. The van der Waals surface area contributed by atoms with E-state index in [4.69, 9.17) is 17.3 Å². The number of aryl methyl sites for hydroxylation is 1. The van der Waals surface area contributed by atoms with Gasteiger partial charge in [0.05, 0.1) is 16.0 Å². The molecule has 3 aromatic heterocycles. The predicted octanol–water partition coefficient (Wildman–Crippen LogP) is 5.76. The number of nitrogen functional groups attached to an aromatic ring is 1. The molecule has 1 aliphatic carbocycles. The van der Waals surface area contributed by atoms with Gasteiger partial charge in [-0.05, 0) is 75.8 Å². The Morgan fingerprint density at radius 3 is 2.67 bits per heavy atom. The van der Waals surface area contributed by atoms with Crippen molar-refractivity contribution in [1.29, 1.82) is 0 Å². The largest absolute Gasteiger partial charge is 0.598 e. The zero-order valence-corrected chi connectivity index (χ0v) is 25.5. The van der Waals surface area contributed by atoms with Crippen LogP contribution in [0.5, 0.6) is 0 Å². The first-order valence-corrected chi connectivity index (χ1v) is 15.8. The summed E-state index contributed by atoms with van der Waals surface area (Å²) >= 11 is 6.82. The van der Waals surface area contributed by atoms with Crippen LogP contribution in [0, 0.1) is 12.3 Å². The van der Waals surface area contributed by atoms with E-state index in [0.29, 0.717) is 10.8 Å². The first-order chi connectivity index (χ1) is 19.1. The van der Waals surface area contributed by atoms with Crippen LogP contribution >= 0.6 is 23.4 Å². The molecular weight excluding hydrogens is 562 g/mol.